The maximum atomic E-state index is 5.79. The van der Waals surface area contributed by atoms with Crippen LogP contribution in [-0.2, 0) is 0 Å². The number of para-hydroxylation sites is 1. The Labute approximate surface area is 102 Å². The minimum Gasteiger partial charge on any atom is -0.457 e. The van der Waals surface area contributed by atoms with Gasteiger partial charge in [-0.1, -0.05) is 30.3 Å². The molecule has 17 heavy (non-hydrogen) atoms. The van der Waals surface area contributed by atoms with Gasteiger partial charge in [-0.2, -0.15) is 0 Å². The molecule has 0 aliphatic heterocycles. The molecule has 0 aromatic heterocycles. The lowest BCUT2D eigenvalue weighted by molar-refractivity contribution is 0.480. The Bertz CT molecular complexity index is 467. The number of ether oxygens (including phenoxy) is 1. The van der Waals surface area contributed by atoms with E-state index in [1.807, 2.05) is 49.5 Å². The summed E-state index contributed by atoms with van der Waals surface area (Å²) in [5.41, 5.74) is 1.22. The summed E-state index contributed by atoms with van der Waals surface area (Å²) in [6, 6.07) is 18.3. The topological polar surface area (TPSA) is 21.3 Å². The molecule has 2 heteroatoms. The number of rotatable bonds is 4. The van der Waals surface area contributed by atoms with Gasteiger partial charge in [0.25, 0.3) is 0 Å². The highest BCUT2D eigenvalue weighted by Crippen LogP contribution is 2.24. The van der Waals surface area contributed by atoms with Crippen molar-refractivity contribution in [2.45, 2.75) is 13.0 Å². The number of benzene rings is 2. The summed E-state index contributed by atoms with van der Waals surface area (Å²) < 4.78 is 5.79. The smallest absolute Gasteiger partial charge is 0.127 e. The van der Waals surface area contributed by atoms with Crippen LogP contribution in [0.5, 0.6) is 11.5 Å². The Kier molecular flexibility index (Phi) is 3.78. The van der Waals surface area contributed by atoms with Crippen molar-refractivity contribution in [2.24, 2.45) is 0 Å². The van der Waals surface area contributed by atoms with E-state index in [1.54, 1.807) is 0 Å². The summed E-state index contributed by atoms with van der Waals surface area (Å²) >= 11 is 0. The van der Waals surface area contributed by atoms with Gasteiger partial charge < -0.3 is 10.1 Å². The fourth-order valence-electron chi connectivity index (χ4n) is 1.64. The van der Waals surface area contributed by atoms with Crippen LogP contribution in [0.1, 0.15) is 18.5 Å². The van der Waals surface area contributed by atoms with Gasteiger partial charge in [0.15, 0.2) is 0 Å². The van der Waals surface area contributed by atoms with Crippen molar-refractivity contribution < 1.29 is 4.74 Å². The standard InChI is InChI=1S/C15H17NO/c1-12(16-2)13-7-6-10-15(11-13)17-14-8-4-3-5-9-14/h3-12,16H,1-2H3. The molecule has 0 spiro atoms. The van der Waals surface area contributed by atoms with Gasteiger partial charge >= 0.3 is 0 Å². The van der Waals surface area contributed by atoms with E-state index < -0.39 is 0 Å². The van der Waals surface area contributed by atoms with Crippen LogP contribution in [0.15, 0.2) is 54.6 Å². The van der Waals surface area contributed by atoms with Crippen molar-refractivity contribution in [1.82, 2.24) is 5.32 Å². The van der Waals surface area contributed by atoms with Crippen molar-refractivity contribution in [1.29, 1.82) is 0 Å². The Morgan fingerprint density at radius 2 is 1.65 bits per heavy atom. The highest BCUT2D eigenvalue weighted by atomic mass is 16.5. The summed E-state index contributed by atoms with van der Waals surface area (Å²) in [7, 11) is 1.95. The van der Waals surface area contributed by atoms with Crippen molar-refractivity contribution in [3.05, 3.63) is 60.2 Å². The molecule has 0 aliphatic rings. The fourth-order valence-corrected chi connectivity index (χ4v) is 1.64. The van der Waals surface area contributed by atoms with Crippen LogP contribution in [0.3, 0.4) is 0 Å². The molecule has 0 aliphatic carbocycles. The van der Waals surface area contributed by atoms with Crippen LogP contribution < -0.4 is 10.1 Å². The van der Waals surface area contributed by atoms with E-state index in [2.05, 4.69) is 24.4 Å². The molecule has 88 valence electrons. The van der Waals surface area contributed by atoms with Crippen LogP contribution in [-0.4, -0.2) is 7.05 Å². The fraction of sp³-hybridized carbons (Fsp3) is 0.200. The third-order valence-corrected chi connectivity index (χ3v) is 2.77. The molecule has 1 N–H and O–H groups in total. The van der Waals surface area contributed by atoms with Gasteiger partial charge in [-0.15, -0.1) is 0 Å². The van der Waals surface area contributed by atoms with E-state index in [9.17, 15) is 0 Å². The van der Waals surface area contributed by atoms with Crippen LogP contribution in [0.25, 0.3) is 0 Å². The lowest BCUT2D eigenvalue weighted by atomic mass is 10.1. The van der Waals surface area contributed by atoms with Crippen LogP contribution in [0, 0.1) is 0 Å². The van der Waals surface area contributed by atoms with Gasteiger partial charge in [0.05, 0.1) is 0 Å². The Morgan fingerprint density at radius 1 is 0.941 bits per heavy atom. The first kappa shape index (κ1) is 11.7. The largest absolute Gasteiger partial charge is 0.457 e. The molecule has 0 saturated carbocycles. The van der Waals surface area contributed by atoms with Crippen LogP contribution in [0.4, 0.5) is 0 Å². The third kappa shape index (κ3) is 3.08. The molecule has 1 atom stereocenters. The summed E-state index contributed by atoms with van der Waals surface area (Å²) in [4.78, 5) is 0. The van der Waals surface area contributed by atoms with E-state index in [-0.39, 0.29) is 0 Å². The van der Waals surface area contributed by atoms with E-state index in [0.717, 1.165) is 11.5 Å². The second-order valence-corrected chi connectivity index (χ2v) is 4.00. The highest BCUT2D eigenvalue weighted by Gasteiger charge is 2.04. The van der Waals surface area contributed by atoms with E-state index >= 15 is 0 Å². The average molecular weight is 227 g/mol. The molecule has 1 unspecified atom stereocenters. The summed E-state index contributed by atoms with van der Waals surface area (Å²) in [6.07, 6.45) is 0. The first-order valence-corrected chi connectivity index (χ1v) is 5.79. The highest BCUT2D eigenvalue weighted by molar-refractivity contribution is 5.34. The molecular weight excluding hydrogens is 210 g/mol. The predicted molar refractivity (Wildman–Crippen MR) is 70.4 cm³/mol. The molecule has 0 bridgehead atoms. The molecule has 2 rings (SSSR count). The molecule has 0 heterocycles. The molecule has 2 nitrogen and oxygen atoms in total. The zero-order valence-electron chi connectivity index (χ0n) is 10.2. The molecule has 0 radical (unpaired) electrons. The second-order valence-electron chi connectivity index (χ2n) is 4.00. The normalized spacial score (nSPS) is 12.1. The van der Waals surface area contributed by atoms with E-state index in [1.165, 1.54) is 5.56 Å². The molecule has 2 aromatic rings. The van der Waals surface area contributed by atoms with E-state index in [4.69, 9.17) is 4.74 Å². The Balaban J connectivity index is 2.17. The van der Waals surface area contributed by atoms with Crippen molar-refractivity contribution in [3.63, 3.8) is 0 Å². The molecular formula is C15H17NO. The minimum absolute atomic E-state index is 0.328. The second kappa shape index (κ2) is 5.51. The lowest BCUT2D eigenvalue weighted by Crippen LogP contribution is -2.11. The number of hydrogen-bond acceptors (Lipinski definition) is 2. The first-order chi connectivity index (χ1) is 8.29. The maximum Gasteiger partial charge on any atom is 0.127 e. The van der Waals surface area contributed by atoms with Gasteiger partial charge in [-0.25, -0.2) is 0 Å². The minimum atomic E-state index is 0.328. The van der Waals surface area contributed by atoms with Gasteiger partial charge in [0.2, 0.25) is 0 Å². The zero-order chi connectivity index (χ0) is 12.1. The molecule has 2 aromatic carbocycles. The zero-order valence-corrected chi connectivity index (χ0v) is 10.2. The van der Waals surface area contributed by atoms with E-state index in [0.29, 0.717) is 6.04 Å². The van der Waals surface area contributed by atoms with Crippen molar-refractivity contribution in [3.8, 4) is 11.5 Å². The molecule has 0 saturated heterocycles. The van der Waals surface area contributed by atoms with Gasteiger partial charge in [0.1, 0.15) is 11.5 Å². The lowest BCUT2D eigenvalue weighted by Gasteiger charge is -2.12. The SMILES string of the molecule is CNC(C)c1cccc(Oc2ccccc2)c1. The summed E-state index contributed by atoms with van der Waals surface area (Å²) in [5.74, 6) is 1.73. The quantitative estimate of drug-likeness (QED) is 0.858. The van der Waals surface area contributed by atoms with Gasteiger partial charge in [0, 0.05) is 6.04 Å². The first-order valence-electron chi connectivity index (χ1n) is 5.79. The maximum absolute atomic E-state index is 5.79. The molecule has 0 amide bonds. The predicted octanol–water partition coefficient (Wildman–Crippen LogP) is 3.76. The third-order valence-electron chi connectivity index (χ3n) is 2.77. The van der Waals surface area contributed by atoms with Gasteiger partial charge in [-0.3, -0.25) is 0 Å². The summed E-state index contributed by atoms with van der Waals surface area (Å²) in [6.45, 7) is 2.13. The van der Waals surface area contributed by atoms with Crippen molar-refractivity contribution in [2.75, 3.05) is 7.05 Å². The monoisotopic (exact) mass is 227 g/mol. The van der Waals surface area contributed by atoms with Gasteiger partial charge in [-0.05, 0) is 43.8 Å². The molecule has 0 fully saturated rings. The van der Waals surface area contributed by atoms with Crippen molar-refractivity contribution >= 4 is 0 Å². The Hall–Kier alpha value is -1.80. The van der Waals surface area contributed by atoms with Crippen LogP contribution >= 0.6 is 0 Å². The average Bonchev–Trinajstić information content (AvgIpc) is 2.39. The summed E-state index contributed by atoms with van der Waals surface area (Å²) in [5, 5.41) is 3.22. The number of nitrogens with one attached hydrogen (secondary N) is 1. The Morgan fingerprint density at radius 3 is 2.35 bits per heavy atom. The number of hydrogen-bond donors (Lipinski definition) is 1. The van der Waals surface area contributed by atoms with Crippen LogP contribution in [0.2, 0.25) is 0 Å².